The Labute approximate surface area is 330 Å². The van der Waals surface area contributed by atoms with Crippen LogP contribution >= 0.6 is 0 Å². The summed E-state index contributed by atoms with van der Waals surface area (Å²) >= 11 is 0. The van der Waals surface area contributed by atoms with Gasteiger partial charge in [0.15, 0.2) is 11.5 Å². The summed E-state index contributed by atoms with van der Waals surface area (Å²) in [4.78, 5) is 66.2. The zero-order valence-corrected chi connectivity index (χ0v) is 33.3. The van der Waals surface area contributed by atoms with E-state index in [-0.39, 0.29) is 37.0 Å². The smallest absolute Gasteiger partial charge is 0.408 e. The van der Waals surface area contributed by atoms with Gasteiger partial charge in [-0.2, -0.15) is 8.78 Å². The lowest BCUT2D eigenvalue weighted by Gasteiger charge is -2.35. The third-order valence-electron chi connectivity index (χ3n) is 12.0. The molecule has 7 rings (SSSR count). The number of carbonyl (C=O) groups is 4. The van der Waals surface area contributed by atoms with Crippen molar-refractivity contribution in [1.29, 1.82) is 0 Å². The normalized spacial score (nSPS) is 31.6. The van der Waals surface area contributed by atoms with Gasteiger partial charge < -0.3 is 24.4 Å². The molecule has 5 aliphatic rings. The Morgan fingerprint density at radius 1 is 1.09 bits per heavy atom. The highest BCUT2D eigenvalue weighted by Gasteiger charge is 2.62. The van der Waals surface area contributed by atoms with Crippen LogP contribution in [0.4, 0.5) is 13.6 Å². The molecule has 2 N–H and O–H groups in total. The Bertz CT molecular complexity index is 2120. The zero-order chi connectivity index (χ0) is 41.1. The van der Waals surface area contributed by atoms with E-state index < -0.39 is 110 Å². The summed E-state index contributed by atoms with van der Waals surface area (Å²) in [6, 6.07) is 3.95. The predicted molar refractivity (Wildman–Crippen MR) is 202 cm³/mol. The Hall–Kier alpha value is -4.51. The number of amides is 3. The molecule has 2 bridgehead atoms. The fourth-order valence-electron chi connectivity index (χ4n) is 8.06. The number of carbonyl (C=O) groups excluding carboxylic acids is 4. The fourth-order valence-corrected chi connectivity index (χ4v) is 9.39. The second-order valence-electron chi connectivity index (χ2n) is 17.3. The molecule has 4 fully saturated rings. The molecular weight excluding hydrogens is 765 g/mol. The van der Waals surface area contributed by atoms with E-state index in [9.17, 15) is 27.6 Å². The monoisotopic (exact) mass is 813 g/mol. The number of ketones is 1. The average Bonchev–Trinajstić information content (AvgIpc) is 3.96. The first-order chi connectivity index (χ1) is 26.8. The van der Waals surface area contributed by atoms with Crippen molar-refractivity contribution in [1.82, 2.24) is 24.9 Å². The highest BCUT2D eigenvalue weighted by Crippen LogP contribution is 2.57. The van der Waals surface area contributed by atoms with Gasteiger partial charge in [0.1, 0.15) is 18.2 Å². The molecule has 7 atom stereocenters. The first kappa shape index (κ1) is 40.7. The van der Waals surface area contributed by atoms with Crippen molar-refractivity contribution in [3.63, 3.8) is 0 Å². The fraction of sp³-hybridized carbons (Fsp3) is 0.600. The molecule has 0 spiro atoms. The number of nitrogens with one attached hydrogen (secondary N) is 2. The maximum atomic E-state index is 16.1. The number of aromatic nitrogens is 2. The van der Waals surface area contributed by atoms with Crippen molar-refractivity contribution in [3.8, 4) is 5.88 Å². The highest BCUT2D eigenvalue weighted by molar-refractivity contribution is 7.91. The van der Waals surface area contributed by atoms with Crippen LogP contribution in [0.5, 0.6) is 5.88 Å². The van der Waals surface area contributed by atoms with Crippen LogP contribution in [0, 0.1) is 16.7 Å². The number of alkyl halides is 2. The molecule has 17 heteroatoms. The zero-order valence-electron chi connectivity index (χ0n) is 32.5. The third-order valence-corrected chi connectivity index (χ3v) is 14.2. The number of allylic oxidation sites excluding steroid dienone is 2. The largest absolute Gasteiger partial charge is 0.471 e. The van der Waals surface area contributed by atoms with E-state index in [1.54, 1.807) is 52.0 Å². The number of para-hydroxylation sites is 2. The summed E-state index contributed by atoms with van der Waals surface area (Å²) < 4.78 is 77.2. The van der Waals surface area contributed by atoms with Gasteiger partial charge in [-0.05, 0) is 75.0 Å². The Morgan fingerprint density at radius 2 is 1.77 bits per heavy atom. The van der Waals surface area contributed by atoms with E-state index in [0.29, 0.717) is 38.2 Å². The van der Waals surface area contributed by atoms with Crippen molar-refractivity contribution in [2.45, 2.75) is 120 Å². The number of benzene rings is 1. The third kappa shape index (κ3) is 8.01. The van der Waals surface area contributed by atoms with E-state index in [0.717, 1.165) is 6.08 Å². The van der Waals surface area contributed by atoms with E-state index in [1.165, 1.54) is 11.0 Å². The maximum Gasteiger partial charge on any atom is 0.408 e. The summed E-state index contributed by atoms with van der Waals surface area (Å²) in [6.07, 6.45) is 2.04. The lowest BCUT2D eigenvalue weighted by molar-refractivity contribution is -0.142. The minimum absolute atomic E-state index is 0.156. The summed E-state index contributed by atoms with van der Waals surface area (Å²) in [6.45, 7) is 10.0. The van der Waals surface area contributed by atoms with Gasteiger partial charge in [-0.3, -0.25) is 19.1 Å². The second-order valence-corrected chi connectivity index (χ2v) is 19.5. The first-order valence-corrected chi connectivity index (χ1v) is 20.9. The van der Waals surface area contributed by atoms with E-state index in [4.69, 9.17) is 14.2 Å². The SMILES string of the molecule is C=C[C@@H]1C[C@]1(CC(=O)[C@@H]1C[C@@H]2CN1C(=O)[C@H](C(C)(C)C)NC(=O)O[C@@H]1CCC[C@H]1OC/C=C/C(F)(F)c1nc3ccccc3nc1O2)C(=O)NS(=O)(=O)C1(C)CC1. The van der Waals surface area contributed by atoms with Gasteiger partial charge in [0.05, 0.1) is 46.5 Å². The van der Waals surface area contributed by atoms with Crippen LogP contribution in [0.15, 0.2) is 49.1 Å². The molecule has 14 nitrogen and oxygen atoms in total. The van der Waals surface area contributed by atoms with E-state index in [1.807, 2.05) is 0 Å². The number of fused-ring (bicyclic) bond motifs is 5. The second kappa shape index (κ2) is 14.7. The van der Waals surface area contributed by atoms with Gasteiger partial charge in [-0.15, -0.1) is 6.58 Å². The van der Waals surface area contributed by atoms with Gasteiger partial charge in [0, 0.05) is 12.8 Å². The Kier molecular flexibility index (Phi) is 10.5. The van der Waals surface area contributed by atoms with Crippen molar-refractivity contribution < 1.29 is 50.6 Å². The van der Waals surface area contributed by atoms with Crippen LogP contribution < -0.4 is 14.8 Å². The molecule has 0 radical (unpaired) electrons. The van der Waals surface area contributed by atoms with Crippen LogP contribution in [0.25, 0.3) is 11.0 Å². The molecule has 1 aromatic carbocycles. The molecule has 3 heterocycles. The Morgan fingerprint density at radius 3 is 2.42 bits per heavy atom. The van der Waals surface area contributed by atoms with Gasteiger partial charge in [0.2, 0.25) is 27.7 Å². The molecule has 0 unspecified atom stereocenters. The standard InChI is InChI=1S/C40H49F2N5O9S/c1-6-23-20-39(23,35(50)46-57(52,53)38(5)16-17-38)21-28(48)27-19-24-22-47(27)34(49)32(37(2,3)4)45-36(51)56-30-14-9-13-29(30)54-18-10-15-40(41,42)31-33(55-24)44-26-12-8-7-11-25(26)43-31/h6-8,10-12,15,23-24,27,29-30,32H,1,9,13-14,16-22H2,2-5H3,(H,45,51)(H,46,50)/b15-10+/t23-,24-,27+,29-,30-,32-,39-/m1/s1. The van der Waals surface area contributed by atoms with Gasteiger partial charge in [0.25, 0.3) is 0 Å². The minimum Gasteiger partial charge on any atom is -0.471 e. The van der Waals surface area contributed by atoms with Gasteiger partial charge >= 0.3 is 12.0 Å². The number of sulfonamides is 1. The number of alkyl carbamates (subject to hydrolysis) is 1. The van der Waals surface area contributed by atoms with Crippen LogP contribution in [-0.2, 0) is 39.8 Å². The van der Waals surface area contributed by atoms with E-state index in [2.05, 4.69) is 26.6 Å². The molecule has 2 aromatic rings. The lowest BCUT2D eigenvalue weighted by Crippen LogP contribution is -2.57. The molecule has 308 valence electrons. The molecular formula is C40H49F2N5O9S. The molecule has 3 aliphatic carbocycles. The number of Topliss-reactive ketones (excluding diaryl/α,β-unsaturated/α-hetero) is 1. The van der Waals surface area contributed by atoms with Crippen molar-refractivity contribution in [2.75, 3.05) is 13.2 Å². The van der Waals surface area contributed by atoms with Crippen molar-refractivity contribution in [3.05, 3.63) is 54.8 Å². The Balaban J connectivity index is 1.26. The molecule has 1 aromatic heterocycles. The van der Waals surface area contributed by atoms with Crippen molar-refractivity contribution in [2.24, 2.45) is 16.7 Å². The molecule has 2 aliphatic heterocycles. The number of nitrogens with zero attached hydrogens (tertiary/aromatic N) is 3. The summed E-state index contributed by atoms with van der Waals surface area (Å²) in [5, 5.41) is 2.71. The van der Waals surface area contributed by atoms with Gasteiger partial charge in [-0.25, -0.2) is 23.2 Å². The summed E-state index contributed by atoms with van der Waals surface area (Å²) in [5.41, 5.74) is -2.66. The number of ether oxygens (including phenoxy) is 3. The highest BCUT2D eigenvalue weighted by atomic mass is 32.2. The number of hydrogen-bond acceptors (Lipinski definition) is 11. The van der Waals surface area contributed by atoms with Gasteiger partial charge in [-0.1, -0.05) is 45.1 Å². The topological polar surface area (TPSA) is 183 Å². The van der Waals surface area contributed by atoms with Crippen LogP contribution in [0.2, 0.25) is 0 Å². The van der Waals surface area contributed by atoms with Crippen LogP contribution in [0.3, 0.4) is 0 Å². The van der Waals surface area contributed by atoms with Crippen LogP contribution in [0.1, 0.15) is 84.8 Å². The summed E-state index contributed by atoms with van der Waals surface area (Å²) in [7, 11) is -4.04. The maximum absolute atomic E-state index is 16.1. The molecule has 3 saturated carbocycles. The van der Waals surface area contributed by atoms with Crippen LogP contribution in [-0.4, -0.2) is 95.3 Å². The number of halogens is 2. The van der Waals surface area contributed by atoms with E-state index >= 15 is 8.78 Å². The quantitative estimate of drug-likeness (QED) is 0.364. The molecule has 1 saturated heterocycles. The number of rotatable bonds is 7. The molecule has 3 amide bonds. The molecule has 57 heavy (non-hydrogen) atoms. The average molecular weight is 814 g/mol. The van der Waals surface area contributed by atoms with Crippen molar-refractivity contribution >= 4 is 44.7 Å². The first-order valence-electron chi connectivity index (χ1n) is 19.4. The predicted octanol–water partition coefficient (Wildman–Crippen LogP) is 4.87. The minimum atomic E-state index is -4.04. The summed E-state index contributed by atoms with van der Waals surface area (Å²) in [5.74, 6) is -6.78. The number of hydrogen-bond donors (Lipinski definition) is 2. The lowest BCUT2D eigenvalue weighted by atomic mass is 9.85.